The van der Waals surface area contributed by atoms with Crippen LogP contribution in [0.4, 0.5) is 0 Å². The van der Waals surface area contributed by atoms with Crippen LogP contribution < -0.4 is 5.32 Å². The lowest BCUT2D eigenvalue weighted by Crippen LogP contribution is -2.15. The predicted octanol–water partition coefficient (Wildman–Crippen LogP) is 3.79. The summed E-state index contributed by atoms with van der Waals surface area (Å²) in [7, 11) is 0. The van der Waals surface area contributed by atoms with Gasteiger partial charge in [-0.15, -0.1) is 0 Å². The fourth-order valence-corrected chi connectivity index (χ4v) is 1.89. The Balaban J connectivity index is 3.21. The van der Waals surface area contributed by atoms with Crippen LogP contribution in [0.25, 0.3) is 10.4 Å². The molecule has 0 atom stereocenters. The normalized spacial score (nSPS) is 10.9. The highest BCUT2D eigenvalue weighted by Gasteiger charge is 1.92. The number of alkyl halides is 1. The first kappa shape index (κ1) is 14.6. The summed E-state index contributed by atoms with van der Waals surface area (Å²) in [5.41, 5.74) is 9.37. The molecule has 15 heavy (non-hydrogen) atoms. The highest BCUT2D eigenvalue weighted by Crippen LogP contribution is 2.01. The molecule has 0 saturated heterocycles. The van der Waals surface area contributed by atoms with E-state index in [0.717, 1.165) is 23.8 Å². The number of halogens is 1. The van der Waals surface area contributed by atoms with Gasteiger partial charge in [0.2, 0.25) is 0 Å². The molecule has 1 N–H and O–H groups in total. The fourth-order valence-electron chi connectivity index (χ4n) is 1.18. The SMILES string of the molecule is CC=C(CI)NCCCCCCN=[N+]=[N-]. The Morgan fingerprint density at radius 2 is 2.13 bits per heavy atom. The molecule has 86 valence electrons. The van der Waals surface area contributed by atoms with Gasteiger partial charge in [0.15, 0.2) is 0 Å². The molecule has 0 bridgehead atoms. The Hall–Kier alpha value is -0.420. The minimum absolute atomic E-state index is 0.637. The number of hydrogen-bond donors (Lipinski definition) is 1. The fraction of sp³-hybridized carbons (Fsp3) is 0.800. The zero-order valence-corrected chi connectivity index (χ0v) is 11.4. The molecule has 0 aromatic carbocycles. The molecule has 0 radical (unpaired) electrons. The van der Waals surface area contributed by atoms with Crippen LogP contribution in [0, 0.1) is 0 Å². The summed E-state index contributed by atoms with van der Waals surface area (Å²) >= 11 is 2.36. The molecule has 0 fully saturated rings. The first-order chi connectivity index (χ1) is 7.35. The van der Waals surface area contributed by atoms with Gasteiger partial charge in [0.1, 0.15) is 0 Å². The summed E-state index contributed by atoms with van der Waals surface area (Å²) in [4.78, 5) is 2.72. The van der Waals surface area contributed by atoms with Crippen LogP contribution in [0.15, 0.2) is 16.9 Å². The van der Waals surface area contributed by atoms with Gasteiger partial charge in [0, 0.05) is 28.1 Å². The van der Waals surface area contributed by atoms with Crippen molar-refractivity contribution in [3.63, 3.8) is 0 Å². The van der Waals surface area contributed by atoms with Crippen LogP contribution in [-0.2, 0) is 0 Å². The lowest BCUT2D eigenvalue weighted by Gasteiger charge is -2.07. The van der Waals surface area contributed by atoms with Crippen molar-refractivity contribution in [1.29, 1.82) is 0 Å². The van der Waals surface area contributed by atoms with E-state index < -0.39 is 0 Å². The highest BCUT2D eigenvalue weighted by molar-refractivity contribution is 14.1. The number of nitrogens with zero attached hydrogens (tertiary/aromatic N) is 3. The van der Waals surface area contributed by atoms with Gasteiger partial charge in [-0.25, -0.2) is 0 Å². The van der Waals surface area contributed by atoms with Crippen molar-refractivity contribution < 1.29 is 0 Å². The summed E-state index contributed by atoms with van der Waals surface area (Å²) in [6.45, 7) is 3.74. The van der Waals surface area contributed by atoms with Crippen LogP contribution in [0.2, 0.25) is 0 Å². The van der Waals surface area contributed by atoms with E-state index in [0.29, 0.717) is 6.54 Å². The summed E-state index contributed by atoms with van der Waals surface area (Å²) in [5, 5.41) is 6.89. The second-order valence-corrected chi connectivity index (χ2v) is 4.01. The maximum absolute atomic E-state index is 8.06. The number of rotatable bonds is 9. The average Bonchev–Trinajstić information content (AvgIpc) is 2.27. The summed E-state index contributed by atoms with van der Waals surface area (Å²) in [5.74, 6) is 0. The Morgan fingerprint density at radius 1 is 1.40 bits per heavy atom. The third-order valence-electron chi connectivity index (χ3n) is 2.09. The van der Waals surface area contributed by atoms with Crippen LogP contribution >= 0.6 is 22.6 Å². The van der Waals surface area contributed by atoms with E-state index in [-0.39, 0.29) is 0 Å². The largest absolute Gasteiger partial charge is 0.388 e. The van der Waals surface area contributed by atoms with E-state index in [1.165, 1.54) is 18.5 Å². The summed E-state index contributed by atoms with van der Waals surface area (Å²) in [6.07, 6.45) is 6.66. The highest BCUT2D eigenvalue weighted by atomic mass is 127. The molecule has 4 nitrogen and oxygen atoms in total. The Bertz CT molecular complexity index is 221. The van der Waals surface area contributed by atoms with Crippen LogP contribution in [0.1, 0.15) is 32.6 Å². The zero-order chi connectivity index (χ0) is 11.4. The van der Waals surface area contributed by atoms with Gasteiger partial charge in [-0.3, -0.25) is 0 Å². The number of nitrogens with one attached hydrogen (secondary N) is 1. The Morgan fingerprint density at radius 3 is 2.73 bits per heavy atom. The van der Waals surface area contributed by atoms with Crippen LogP contribution in [-0.4, -0.2) is 17.5 Å². The van der Waals surface area contributed by atoms with Crippen molar-refractivity contribution in [3.8, 4) is 0 Å². The van der Waals surface area contributed by atoms with Crippen molar-refractivity contribution in [2.24, 2.45) is 5.11 Å². The lowest BCUT2D eigenvalue weighted by atomic mass is 10.2. The van der Waals surface area contributed by atoms with E-state index in [4.69, 9.17) is 5.53 Å². The van der Waals surface area contributed by atoms with E-state index in [1.807, 2.05) is 0 Å². The van der Waals surface area contributed by atoms with Gasteiger partial charge in [-0.1, -0.05) is 46.6 Å². The van der Waals surface area contributed by atoms with E-state index in [1.54, 1.807) is 0 Å². The number of hydrogen-bond acceptors (Lipinski definition) is 2. The Labute approximate surface area is 105 Å². The molecular formula is C10H19IN4. The second-order valence-electron chi connectivity index (χ2n) is 3.24. The molecule has 0 rings (SSSR count). The standard InChI is InChI=1S/C10H19IN4/c1-2-10(9-11)13-7-5-3-4-6-8-14-15-12/h2,13H,3-9H2,1H3. The quantitative estimate of drug-likeness (QED) is 0.172. The summed E-state index contributed by atoms with van der Waals surface area (Å²) < 4.78 is 1.05. The average molecular weight is 322 g/mol. The van der Waals surface area contributed by atoms with Crippen molar-refractivity contribution in [2.45, 2.75) is 32.6 Å². The van der Waals surface area contributed by atoms with Crippen LogP contribution in [0.3, 0.4) is 0 Å². The van der Waals surface area contributed by atoms with Gasteiger partial charge < -0.3 is 5.32 Å². The molecule has 0 unspecified atom stereocenters. The van der Waals surface area contributed by atoms with E-state index in [2.05, 4.69) is 50.9 Å². The van der Waals surface area contributed by atoms with Gasteiger partial charge in [-0.2, -0.15) is 0 Å². The summed E-state index contributed by atoms with van der Waals surface area (Å²) in [6, 6.07) is 0. The van der Waals surface area contributed by atoms with Crippen molar-refractivity contribution >= 4 is 22.6 Å². The molecule has 0 spiro atoms. The molecule has 0 aromatic rings. The first-order valence-electron chi connectivity index (χ1n) is 5.31. The van der Waals surface area contributed by atoms with Crippen LogP contribution in [0.5, 0.6) is 0 Å². The molecule has 0 aliphatic rings. The van der Waals surface area contributed by atoms with Crippen molar-refractivity contribution in [3.05, 3.63) is 22.2 Å². The van der Waals surface area contributed by atoms with Gasteiger partial charge >= 0.3 is 0 Å². The Kier molecular flexibility index (Phi) is 11.3. The minimum atomic E-state index is 0.637. The van der Waals surface area contributed by atoms with E-state index >= 15 is 0 Å². The van der Waals surface area contributed by atoms with Gasteiger partial charge in [0.25, 0.3) is 0 Å². The third-order valence-corrected chi connectivity index (χ3v) is 2.91. The molecule has 0 aliphatic heterocycles. The zero-order valence-electron chi connectivity index (χ0n) is 9.25. The number of azide groups is 1. The minimum Gasteiger partial charge on any atom is -0.388 e. The number of allylic oxidation sites excluding steroid dienone is 2. The molecule has 5 heteroatoms. The van der Waals surface area contributed by atoms with Gasteiger partial charge in [-0.05, 0) is 25.3 Å². The molecule has 0 saturated carbocycles. The van der Waals surface area contributed by atoms with Crippen molar-refractivity contribution in [1.82, 2.24) is 5.32 Å². The maximum Gasteiger partial charge on any atom is 0.0391 e. The molecule has 0 aliphatic carbocycles. The molecular weight excluding hydrogens is 303 g/mol. The molecule has 0 amide bonds. The second kappa shape index (κ2) is 11.7. The third kappa shape index (κ3) is 9.87. The topological polar surface area (TPSA) is 60.8 Å². The smallest absolute Gasteiger partial charge is 0.0391 e. The lowest BCUT2D eigenvalue weighted by molar-refractivity contribution is 0.622. The van der Waals surface area contributed by atoms with E-state index in [9.17, 15) is 0 Å². The maximum atomic E-state index is 8.06. The monoisotopic (exact) mass is 322 g/mol. The molecule has 0 heterocycles. The van der Waals surface area contributed by atoms with Crippen molar-refractivity contribution in [2.75, 3.05) is 17.5 Å². The predicted molar refractivity (Wildman–Crippen MR) is 73.1 cm³/mol. The molecule has 0 aromatic heterocycles. The number of unbranched alkanes of at least 4 members (excludes halogenated alkanes) is 3. The van der Waals surface area contributed by atoms with Gasteiger partial charge in [0.05, 0.1) is 0 Å². The first-order valence-corrected chi connectivity index (χ1v) is 6.83.